The monoisotopic (exact) mass is 254 g/mol. The fourth-order valence-electron chi connectivity index (χ4n) is 2.18. The quantitative estimate of drug-likeness (QED) is 0.855. The van der Waals surface area contributed by atoms with E-state index in [0.717, 1.165) is 25.3 Å². The van der Waals surface area contributed by atoms with Crippen LogP contribution in [-0.2, 0) is 11.2 Å². The molecule has 0 saturated heterocycles. The number of nitrogens with one attached hydrogen (secondary N) is 1. The maximum absolute atomic E-state index is 13.4. The van der Waals surface area contributed by atoms with Crippen molar-refractivity contribution in [2.24, 2.45) is 5.73 Å². The molecule has 3 nitrogen and oxygen atoms in total. The van der Waals surface area contributed by atoms with E-state index in [-0.39, 0.29) is 23.4 Å². The van der Waals surface area contributed by atoms with Gasteiger partial charge in [-0.05, 0) is 25.3 Å². The van der Waals surface area contributed by atoms with Crippen molar-refractivity contribution in [2.75, 3.05) is 6.54 Å². The van der Waals surface area contributed by atoms with Crippen molar-refractivity contribution in [1.82, 2.24) is 5.32 Å². The number of hydrogen-bond donors (Lipinski definition) is 2. The minimum absolute atomic E-state index is 0.0685. The lowest BCUT2D eigenvalue weighted by Gasteiger charge is -2.41. The SMILES string of the molecule is NCC1(NC(=O)Cc2cccc(F)c2F)CCC1. The predicted molar refractivity (Wildman–Crippen MR) is 63.8 cm³/mol. The second kappa shape index (κ2) is 5.02. The smallest absolute Gasteiger partial charge is 0.225 e. The second-order valence-electron chi connectivity index (χ2n) is 4.78. The lowest BCUT2D eigenvalue weighted by Crippen LogP contribution is -2.58. The minimum Gasteiger partial charge on any atom is -0.349 e. The van der Waals surface area contributed by atoms with Gasteiger partial charge in [-0.15, -0.1) is 0 Å². The molecular weight excluding hydrogens is 238 g/mol. The van der Waals surface area contributed by atoms with E-state index in [9.17, 15) is 13.6 Å². The maximum Gasteiger partial charge on any atom is 0.225 e. The molecule has 1 amide bonds. The number of benzene rings is 1. The van der Waals surface area contributed by atoms with Crippen molar-refractivity contribution in [2.45, 2.75) is 31.2 Å². The summed E-state index contributed by atoms with van der Waals surface area (Å²) in [6.07, 6.45) is 2.57. The summed E-state index contributed by atoms with van der Waals surface area (Å²) in [5, 5.41) is 2.82. The van der Waals surface area contributed by atoms with E-state index < -0.39 is 11.6 Å². The highest BCUT2D eigenvalue weighted by molar-refractivity contribution is 5.79. The van der Waals surface area contributed by atoms with Crippen LogP contribution in [0.2, 0.25) is 0 Å². The number of hydrogen-bond acceptors (Lipinski definition) is 2. The fraction of sp³-hybridized carbons (Fsp3) is 0.462. The zero-order valence-electron chi connectivity index (χ0n) is 10.0. The number of rotatable bonds is 4. The third kappa shape index (κ3) is 2.51. The second-order valence-corrected chi connectivity index (χ2v) is 4.78. The summed E-state index contributed by atoms with van der Waals surface area (Å²) in [5.41, 5.74) is 5.35. The molecule has 0 aromatic heterocycles. The Labute approximate surface area is 104 Å². The number of nitrogens with two attached hydrogens (primary N) is 1. The molecule has 0 bridgehead atoms. The van der Waals surface area contributed by atoms with E-state index in [4.69, 9.17) is 5.73 Å². The zero-order valence-corrected chi connectivity index (χ0v) is 10.0. The van der Waals surface area contributed by atoms with Gasteiger partial charge in [-0.3, -0.25) is 4.79 Å². The molecule has 0 heterocycles. The van der Waals surface area contributed by atoms with E-state index in [1.807, 2.05) is 0 Å². The zero-order chi connectivity index (χ0) is 13.2. The van der Waals surface area contributed by atoms with Crippen LogP contribution >= 0.6 is 0 Å². The number of carbonyl (C=O) groups is 1. The van der Waals surface area contributed by atoms with Gasteiger partial charge >= 0.3 is 0 Å². The summed E-state index contributed by atoms with van der Waals surface area (Å²) >= 11 is 0. The summed E-state index contributed by atoms with van der Waals surface area (Å²) in [7, 11) is 0. The Morgan fingerprint density at radius 3 is 2.67 bits per heavy atom. The normalized spacial score (nSPS) is 17.1. The van der Waals surface area contributed by atoms with E-state index in [2.05, 4.69) is 5.32 Å². The van der Waals surface area contributed by atoms with Gasteiger partial charge in [-0.2, -0.15) is 0 Å². The molecule has 5 heteroatoms. The van der Waals surface area contributed by atoms with Crippen LogP contribution < -0.4 is 11.1 Å². The molecule has 18 heavy (non-hydrogen) atoms. The molecule has 0 spiro atoms. The Hall–Kier alpha value is -1.49. The molecule has 1 aliphatic carbocycles. The van der Waals surface area contributed by atoms with Crippen LogP contribution in [-0.4, -0.2) is 18.0 Å². The Kier molecular flexibility index (Phi) is 3.61. The van der Waals surface area contributed by atoms with Gasteiger partial charge in [0, 0.05) is 12.1 Å². The molecule has 1 saturated carbocycles. The van der Waals surface area contributed by atoms with Crippen LogP contribution in [0.1, 0.15) is 24.8 Å². The summed E-state index contributed by atoms with van der Waals surface area (Å²) in [5.74, 6) is -2.20. The highest BCUT2D eigenvalue weighted by Crippen LogP contribution is 2.30. The third-order valence-electron chi connectivity index (χ3n) is 3.49. The van der Waals surface area contributed by atoms with Gasteiger partial charge in [0.2, 0.25) is 5.91 Å². The first-order valence-electron chi connectivity index (χ1n) is 6.00. The van der Waals surface area contributed by atoms with Crippen LogP contribution in [0.15, 0.2) is 18.2 Å². The van der Waals surface area contributed by atoms with Crippen molar-refractivity contribution in [3.05, 3.63) is 35.4 Å². The van der Waals surface area contributed by atoms with Gasteiger partial charge in [0.05, 0.1) is 12.0 Å². The third-order valence-corrected chi connectivity index (χ3v) is 3.49. The molecule has 0 atom stereocenters. The highest BCUT2D eigenvalue weighted by atomic mass is 19.2. The van der Waals surface area contributed by atoms with Crippen LogP contribution in [0, 0.1) is 11.6 Å². The highest BCUT2D eigenvalue weighted by Gasteiger charge is 2.36. The number of amides is 1. The van der Waals surface area contributed by atoms with Crippen molar-refractivity contribution in [1.29, 1.82) is 0 Å². The molecule has 3 N–H and O–H groups in total. The van der Waals surface area contributed by atoms with Crippen LogP contribution in [0.4, 0.5) is 8.78 Å². The number of carbonyl (C=O) groups excluding carboxylic acids is 1. The molecule has 1 aromatic carbocycles. The predicted octanol–water partition coefficient (Wildman–Crippen LogP) is 1.50. The largest absolute Gasteiger partial charge is 0.349 e. The van der Waals surface area contributed by atoms with E-state index in [0.29, 0.717) is 6.54 Å². The average molecular weight is 254 g/mol. The van der Waals surface area contributed by atoms with Crippen LogP contribution in [0.5, 0.6) is 0 Å². The standard InChI is InChI=1S/C13H16F2N2O/c14-10-4-1-3-9(12(10)15)7-11(18)17-13(8-16)5-2-6-13/h1,3-4H,2,5-8,16H2,(H,17,18). The Bertz CT molecular complexity index is 453. The van der Waals surface area contributed by atoms with Crippen molar-refractivity contribution >= 4 is 5.91 Å². The van der Waals surface area contributed by atoms with Gasteiger partial charge < -0.3 is 11.1 Å². The maximum atomic E-state index is 13.4. The molecule has 2 rings (SSSR count). The molecule has 1 aliphatic rings. The number of halogens is 2. The van der Waals surface area contributed by atoms with E-state index in [1.54, 1.807) is 0 Å². The topological polar surface area (TPSA) is 55.1 Å². The Balaban J connectivity index is 2.01. The lowest BCUT2D eigenvalue weighted by molar-refractivity contribution is -0.123. The fourth-order valence-corrected chi connectivity index (χ4v) is 2.18. The van der Waals surface area contributed by atoms with E-state index >= 15 is 0 Å². The molecule has 1 aromatic rings. The van der Waals surface area contributed by atoms with Gasteiger partial charge in [-0.1, -0.05) is 12.1 Å². The van der Waals surface area contributed by atoms with Gasteiger partial charge in [0.25, 0.3) is 0 Å². The van der Waals surface area contributed by atoms with Crippen LogP contribution in [0.25, 0.3) is 0 Å². The summed E-state index contributed by atoms with van der Waals surface area (Å²) < 4.78 is 26.4. The molecule has 98 valence electrons. The molecule has 0 unspecified atom stereocenters. The Morgan fingerprint density at radius 2 is 2.11 bits per heavy atom. The van der Waals surface area contributed by atoms with Gasteiger partial charge in [0.1, 0.15) is 0 Å². The van der Waals surface area contributed by atoms with Gasteiger partial charge in [0.15, 0.2) is 11.6 Å². The average Bonchev–Trinajstić information content (AvgIpc) is 2.30. The Morgan fingerprint density at radius 1 is 1.39 bits per heavy atom. The van der Waals surface area contributed by atoms with E-state index in [1.165, 1.54) is 12.1 Å². The molecule has 0 radical (unpaired) electrons. The van der Waals surface area contributed by atoms with Crippen molar-refractivity contribution < 1.29 is 13.6 Å². The molecular formula is C13H16F2N2O. The summed E-state index contributed by atoms with van der Waals surface area (Å²) in [6.45, 7) is 0.379. The van der Waals surface area contributed by atoms with Crippen molar-refractivity contribution in [3.8, 4) is 0 Å². The first-order valence-corrected chi connectivity index (χ1v) is 6.00. The summed E-state index contributed by atoms with van der Waals surface area (Å²) in [4.78, 5) is 11.8. The molecule has 0 aliphatic heterocycles. The first-order chi connectivity index (χ1) is 8.56. The minimum atomic E-state index is -0.956. The van der Waals surface area contributed by atoms with Crippen LogP contribution in [0.3, 0.4) is 0 Å². The van der Waals surface area contributed by atoms with Gasteiger partial charge in [-0.25, -0.2) is 8.78 Å². The lowest BCUT2D eigenvalue weighted by atomic mass is 9.76. The van der Waals surface area contributed by atoms with Crippen molar-refractivity contribution in [3.63, 3.8) is 0 Å². The molecule has 1 fully saturated rings. The first kappa shape index (κ1) is 13.0. The summed E-state index contributed by atoms with van der Waals surface area (Å²) in [6, 6.07) is 3.83.